The molecule has 0 radical (unpaired) electrons. The second-order valence-corrected chi connectivity index (χ2v) is 7.11. The van der Waals surface area contributed by atoms with Crippen LogP contribution < -0.4 is 5.73 Å². The molecule has 2 fully saturated rings. The molecular formula is C14H28N2S. The Balaban J connectivity index is 1.97. The predicted octanol–water partition coefficient (Wildman–Crippen LogP) is 2.72. The number of rotatable bonds is 2. The zero-order valence-corrected chi connectivity index (χ0v) is 12.4. The number of thioether (sulfide) groups is 1. The smallest absolute Gasteiger partial charge is 0.0110 e. The van der Waals surface area contributed by atoms with Gasteiger partial charge in [0.05, 0.1) is 0 Å². The third kappa shape index (κ3) is 2.99. The number of nitrogens with two attached hydrogens (primary N) is 1. The normalized spacial score (nSPS) is 44.8. The van der Waals surface area contributed by atoms with E-state index in [0.29, 0.717) is 18.0 Å². The molecule has 2 aliphatic rings. The molecule has 0 aromatic carbocycles. The van der Waals surface area contributed by atoms with Gasteiger partial charge in [0.15, 0.2) is 0 Å². The molecule has 0 aromatic heterocycles. The summed E-state index contributed by atoms with van der Waals surface area (Å²) < 4.78 is 0. The van der Waals surface area contributed by atoms with Gasteiger partial charge in [-0.05, 0) is 44.8 Å². The minimum Gasteiger partial charge on any atom is -0.327 e. The lowest BCUT2D eigenvalue weighted by atomic mass is 9.84. The summed E-state index contributed by atoms with van der Waals surface area (Å²) in [5.74, 6) is 0.651. The standard InChI is InChI=1S/C14H28N2S/c1-10-11(2)16(8-7-14(10)15)12-5-4-6-13(9-12)17-3/h10-14H,4-9,15H2,1-3H3. The first-order valence-corrected chi connectivity index (χ1v) is 8.46. The third-order valence-corrected chi connectivity index (χ3v) is 6.18. The van der Waals surface area contributed by atoms with E-state index in [4.69, 9.17) is 5.73 Å². The monoisotopic (exact) mass is 256 g/mol. The molecule has 0 amide bonds. The van der Waals surface area contributed by atoms with Crippen molar-refractivity contribution in [3.05, 3.63) is 0 Å². The molecule has 1 aliphatic heterocycles. The Bertz CT molecular complexity index is 246. The summed E-state index contributed by atoms with van der Waals surface area (Å²) >= 11 is 2.06. The van der Waals surface area contributed by atoms with Crippen molar-refractivity contribution in [1.82, 2.24) is 4.90 Å². The molecule has 2 N–H and O–H groups in total. The Morgan fingerprint density at radius 1 is 1.18 bits per heavy atom. The number of piperidine rings is 1. The van der Waals surface area contributed by atoms with E-state index < -0.39 is 0 Å². The molecule has 1 saturated heterocycles. The van der Waals surface area contributed by atoms with Gasteiger partial charge in [0.2, 0.25) is 0 Å². The van der Waals surface area contributed by atoms with Crippen molar-refractivity contribution in [3.8, 4) is 0 Å². The van der Waals surface area contributed by atoms with Gasteiger partial charge in [-0.15, -0.1) is 0 Å². The molecular weight excluding hydrogens is 228 g/mol. The van der Waals surface area contributed by atoms with E-state index in [0.717, 1.165) is 11.3 Å². The van der Waals surface area contributed by atoms with E-state index in [1.165, 1.54) is 38.6 Å². The topological polar surface area (TPSA) is 29.3 Å². The van der Waals surface area contributed by atoms with Gasteiger partial charge in [-0.1, -0.05) is 13.3 Å². The van der Waals surface area contributed by atoms with Gasteiger partial charge in [-0.3, -0.25) is 4.90 Å². The van der Waals surface area contributed by atoms with Gasteiger partial charge >= 0.3 is 0 Å². The van der Waals surface area contributed by atoms with Gasteiger partial charge in [0.1, 0.15) is 0 Å². The van der Waals surface area contributed by atoms with E-state index in [2.05, 4.69) is 36.8 Å². The van der Waals surface area contributed by atoms with E-state index in [1.807, 2.05) is 0 Å². The number of likely N-dealkylation sites (tertiary alicyclic amines) is 1. The SMILES string of the molecule is CSC1CCCC(N2CCC(N)C(C)C2C)C1. The highest BCUT2D eigenvalue weighted by atomic mass is 32.2. The van der Waals surface area contributed by atoms with Crippen LogP contribution in [0.25, 0.3) is 0 Å². The van der Waals surface area contributed by atoms with Crippen molar-refractivity contribution < 1.29 is 0 Å². The first-order valence-electron chi connectivity index (χ1n) is 7.17. The summed E-state index contributed by atoms with van der Waals surface area (Å²) in [5.41, 5.74) is 6.18. The highest BCUT2D eigenvalue weighted by Crippen LogP contribution is 2.34. The molecule has 0 bridgehead atoms. The molecule has 1 aliphatic carbocycles. The van der Waals surface area contributed by atoms with E-state index in [9.17, 15) is 0 Å². The molecule has 2 rings (SSSR count). The lowest BCUT2D eigenvalue weighted by molar-refractivity contribution is 0.0414. The molecule has 5 atom stereocenters. The largest absolute Gasteiger partial charge is 0.327 e. The Labute approximate surface area is 111 Å². The van der Waals surface area contributed by atoms with Gasteiger partial charge in [-0.25, -0.2) is 0 Å². The Kier molecular flexibility index (Phi) is 4.79. The van der Waals surface area contributed by atoms with Gasteiger partial charge < -0.3 is 5.73 Å². The van der Waals surface area contributed by atoms with E-state index >= 15 is 0 Å². The molecule has 3 heteroatoms. The molecule has 17 heavy (non-hydrogen) atoms. The fraction of sp³-hybridized carbons (Fsp3) is 1.00. The number of hydrogen-bond acceptors (Lipinski definition) is 3. The summed E-state index contributed by atoms with van der Waals surface area (Å²) in [5, 5.41) is 0.895. The maximum Gasteiger partial charge on any atom is 0.0110 e. The van der Waals surface area contributed by atoms with Crippen LogP contribution in [0.1, 0.15) is 46.0 Å². The van der Waals surface area contributed by atoms with Crippen LogP contribution in [0.4, 0.5) is 0 Å². The van der Waals surface area contributed by atoms with Crippen LogP contribution in [0.3, 0.4) is 0 Å². The highest BCUT2D eigenvalue weighted by Gasteiger charge is 2.36. The zero-order valence-electron chi connectivity index (χ0n) is 11.6. The van der Waals surface area contributed by atoms with Crippen LogP contribution in [0.2, 0.25) is 0 Å². The van der Waals surface area contributed by atoms with Crippen molar-refractivity contribution in [2.75, 3.05) is 12.8 Å². The lowest BCUT2D eigenvalue weighted by Crippen LogP contribution is -2.56. The van der Waals surface area contributed by atoms with Crippen LogP contribution in [0.5, 0.6) is 0 Å². The molecule has 100 valence electrons. The number of hydrogen-bond donors (Lipinski definition) is 1. The van der Waals surface area contributed by atoms with Crippen molar-refractivity contribution in [1.29, 1.82) is 0 Å². The Hall–Kier alpha value is 0.270. The fourth-order valence-electron chi connectivity index (χ4n) is 3.58. The second kappa shape index (κ2) is 5.94. The van der Waals surface area contributed by atoms with Gasteiger partial charge in [-0.2, -0.15) is 11.8 Å². The summed E-state index contributed by atoms with van der Waals surface area (Å²) in [6, 6.07) is 1.91. The van der Waals surface area contributed by atoms with Crippen molar-refractivity contribution in [3.63, 3.8) is 0 Å². The highest BCUT2D eigenvalue weighted by molar-refractivity contribution is 7.99. The first kappa shape index (κ1) is 13.7. The predicted molar refractivity (Wildman–Crippen MR) is 77.5 cm³/mol. The quantitative estimate of drug-likeness (QED) is 0.824. The molecule has 1 saturated carbocycles. The van der Waals surface area contributed by atoms with Crippen LogP contribution >= 0.6 is 11.8 Å². The maximum absolute atomic E-state index is 6.18. The van der Waals surface area contributed by atoms with E-state index in [1.54, 1.807) is 0 Å². The fourth-order valence-corrected chi connectivity index (χ4v) is 4.39. The first-order chi connectivity index (χ1) is 8.13. The van der Waals surface area contributed by atoms with Crippen LogP contribution in [0.15, 0.2) is 0 Å². The molecule has 0 spiro atoms. The van der Waals surface area contributed by atoms with Crippen LogP contribution in [0, 0.1) is 5.92 Å². The Morgan fingerprint density at radius 3 is 2.65 bits per heavy atom. The minimum atomic E-state index is 0.418. The second-order valence-electron chi connectivity index (χ2n) is 5.97. The zero-order chi connectivity index (χ0) is 12.4. The minimum absolute atomic E-state index is 0.418. The molecule has 5 unspecified atom stereocenters. The third-order valence-electron chi connectivity index (χ3n) is 5.08. The summed E-state index contributed by atoms with van der Waals surface area (Å²) in [4.78, 5) is 2.76. The van der Waals surface area contributed by atoms with Gasteiger partial charge in [0.25, 0.3) is 0 Å². The molecule has 2 nitrogen and oxygen atoms in total. The average molecular weight is 256 g/mol. The van der Waals surface area contributed by atoms with E-state index in [-0.39, 0.29) is 0 Å². The number of nitrogens with zero attached hydrogens (tertiary/aromatic N) is 1. The average Bonchev–Trinajstić information content (AvgIpc) is 2.36. The summed E-state index contributed by atoms with van der Waals surface area (Å²) in [6.45, 7) is 5.93. The van der Waals surface area contributed by atoms with Gasteiger partial charge in [0, 0.05) is 29.9 Å². The van der Waals surface area contributed by atoms with Crippen molar-refractivity contribution >= 4 is 11.8 Å². The molecule has 0 aromatic rings. The lowest BCUT2D eigenvalue weighted by Gasteiger charge is -2.47. The summed E-state index contributed by atoms with van der Waals surface area (Å²) in [7, 11) is 0. The summed E-state index contributed by atoms with van der Waals surface area (Å²) in [6.07, 6.45) is 9.10. The molecule has 1 heterocycles. The van der Waals surface area contributed by atoms with Crippen molar-refractivity contribution in [2.24, 2.45) is 11.7 Å². The Morgan fingerprint density at radius 2 is 1.94 bits per heavy atom. The van der Waals surface area contributed by atoms with Crippen LogP contribution in [-0.4, -0.2) is 41.1 Å². The van der Waals surface area contributed by atoms with Crippen LogP contribution in [-0.2, 0) is 0 Å². The van der Waals surface area contributed by atoms with Crippen molar-refractivity contribution in [2.45, 2.75) is 69.3 Å². The maximum atomic E-state index is 6.18.